The van der Waals surface area contributed by atoms with E-state index in [9.17, 15) is 17.2 Å². The number of sulfonamides is 1. The summed E-state index contributed by atoms with van der Waals surface area (Å²) in [6.45, 7) is 4.74. The molecule has 0 unspecified atom stereocenters. The van der Waals surface area contributed by atoms with Crippen molar-refractivity contribution in [1.82, 2.24) is 14.1 Å². The summed E-state index contributed by atoms with van der Waals surface area (Å²) in [5.74, 6) is -0.917. The summed E-state index contributed by atoms with van der Waals surface area (Å²) < 4.78 is 59.4. The Balaban J connectivity index is 1.29. The van der Waals surface area contributed by atoms with Crippen LogP contribution in [0.5, 0.6) is 0 Å². The molecule has 0 aliphatic heterocycles. The zero-order valence-corrected chi connectivity index (χ0v) is 24.0. The quantitative estimate of drug-likeness (QED) is 0.219. The van der Waals surface area contributed by atoms with Crippen molar-refractivity contribution in [2.45, 2.75) is 50.3 Å². The van der Waals surface area contributed by atoms with Gasteiger partial charge in [0.1, 0.15) is 16.5 Å². The van der Waals surface area contributed by atoms with Crippen LogP contribution < -0.4 is 0 Å². The molecule has 1 aromatic heterocycles. The molecule has 212 valence electrons. The molecule has 0 amide bonds. The molecule has 2 aliphatic rings. The van der Waals surface area contributed by atoms with E-state index in [1.54, 1.807) is 18.2 Å². The van der Waals surface area contributed by atoms with Gasteiger partial charge >= 0.3 is 0 Å². The lowest BCUT2D eigenvalue weighted by Crippen LogP contribution is -2.38. The van der Waals surface area contributed by atoms with Gasteiger partial charge < -0.3 is 0 Å². The van der Waals surface area contributed by atoms with Crippen molar-refractivity contribution in [3.8, 4) is 5.69 Å². The van der Waals surface area contributed by atoms with Crippen LogP contribution in [0.15, 0.2) is 95.0 Å². The van der Waals surface area contributed by atoms with E-state index < -0.39 is 15.8 Å². The first-order valence-electron chi connectivity index (χ1n) is 14.1. The Hall–Kier alpha value is -3.62. The molecular weight excluding hydrogens is 540 g/mol. The lowest BCUT2D eigenvalue weighted by Gasteiger charge is -2.31. The van der Waals surface area contributed by atoms with Crippen LogP contribution in [0.2, 0.25) is 0 Å². The van der Waals surface area contributed by atoms with Crippen molar-refractivity contribution in [2.75, 3.05) is 13.1 Å². The van der Waals surface area contributed by atoms with Crippen LogP contribution in [0.1, 0.15) is 48.1 Å². The number of benzene rings is 3. The monoisotopic (exact) mass is 573 g/mol. The van der Waals surface area contributed by atoms with Crippen LogP contribution in [-0.4, -0.2) is 35.6 Å². The van der Waals surface area contributed by atoms with Gasteiger partial charge in [0.2, 0.25) is 10.0 Å². The fourth-order valence-electron chi connectivity index (χ4n) is 6.43. The van der Waals surface area contributed by atoms with E-state index in [0.717, 1.165) is 47.3 Å². The second-order valence-electron chi connectivity index (χ2n) is 11.2. The molecule has 41 heavy (non-hydrogen) atoms. The Bertz CT molecular complexity index is 1710. The minimum Gasteiger partial charge on any atom is -0.237 e. The van der Waals surface area contributed by atoms with Crippen molar-refractivity contribution >= 4 is 10.0 Å². The molecule has 0 N–H and O–H groups in total. The SMILES string of the molecule is Cc1ccc(CCN(C[C@H]2CCC3=C2[C@@H](C)c2cnn(-c4ccc(F)cc4)c2C3)S(=O)(=O)c2ccccc2F)cc1. The highest BCUT2D eigenvalue weighted by molar-refractivity contribution is 7.89. The molecule has 8 heteroatoms. The standard InChI is InChI=1S/C33H33F2N3O2S/c1-22-7-9-24(10-8-22)17-18-37(41(39,40)32-6-4-3-5-30(32)35)21-26-12-11-25-19-31-29(23(2)33(25)26)20-36-38(31)28-15-13-27(34)14-16-28/h3-10,13-16,20,23,26H,11-12,17-19,21H2,1-2H3/t23-,26+/m0/s1. The number of rotatable bonds is 8. The molecule has 6 rings (SSSR count). The van der Waals surface area contributed by atoms with Gasteiger partial charge in [0.05, 0.1) is 17.6 Å². The third-order valence-corrected chi connectivity index (χ3v) is 10.5. The largest absolute Gasteiger partial charge is 0.246 e. The number of aryl methyl sites for hydroxylation is 1. The Kier molecular flexibility index (Phi) is 7.38. The van der Waals surface area contributed by atoms with Gasteiger partial charge in [-0.15, -0.1) is 0 Å². The summed E-state index contributed by atoms with van der Waals surface area (Å²) in [6, 6.07) is 20.0. The van der Waals surface area contributed by atoms with Crippen LogP contribution in [0.3, 0.4) is 0 Å². The second kappa shape index (κ2) is 11.0. The molecule has 0 bridgehead atoms. The van der Waals surface area contributed by atoms with Gasteiger partial charge in [-0.2, -0.15) is 9.40 Å². The van der Waals surface area contributed by atoms with Gasteiger partial charge in [0.25, 0.3) is 0 Å². The highest BCUT2D eigenvalue weighted by Gasteiger charge is 2.39. The van der Waals surface area contributed by atoms with E-state index in [4.69, 9.17) is 0 Å². The maximum atomic E-state index is 14.8. The molecule has 5 nitrogen and oxygen atoms in total. The van der Waals surface area contributed by atoms with E-state index in [1.807, 2.05) is 42.1 Å². The maximum Gasteiger partial charge on any atom is 0.246 e. The predicted octanol–water partition coefficient (Wildman–Crippen LogP) is 6.76. The van der Waals surface area contributed by atoms with E-state index in [1.165, 1.54) is 45.8 Å². The molecule has 2 atom stereocenters. The van der Waals surface area contributed by atoms with Crippen molar-refractivity contribution in [1.29, 1.82) is 0 Å². The van der Waals surface area contributed by atoms with Gasteiger partial charge in [-0.3, -0.25) is 0 Å². The van der Waals surface area contributed by atoms with E-state index in [-0.39, 0.29) is 29.1 Å². The number of allylic oxidation sites excluding steroid dienone is 1. The van der Waals surface area contributed by atoms with E-state index in [2.05, 4.69) is 12.0 Å². The van der Waals surface area contributed by atoms with Crippen LogP contribution in [0.4, 0.5) is 8.78 Å². The maximum absolute atomic E-state index is 14.8. The molecule has 0 spiro atoms. The normalized spacial score (nSPS) is 18.6. The average molecular weight is 574 g/mol. The molecule has 0 saturated heterocycles. The third-order valence-electron chi connectivity index (χ3n) is 8.58. The molecule has 0 fully saturated rings. The van der Waals surface area contributed by atoms with Gasteiger partial charge in [-0.25, -0.2) is 21.9 Å². The molecule has 2 aliphatic carbocycles. The minimum atomic E-state index is -4.06. The number of hydrogen-bond donors (Lipinski definition) is 0. The number of aromatic nitrogens is 2. The predicted molar refractivity (Wildman–Crippen MR) is 155 cm³/mol. The number of hydrogen-bond acceptors (Lipinski definition) is 3. The summed E-state index contributed by atoms with van der Waals surface area (Å²) in [4.78, 5) is -0.282. The highest BCUT2D eigenvalue weighted by Crippen LogP contribution is 2.47. The number of halogens is 2. The zero-order valence-electron chi connectivity index (χ0n) is 23.2. The first-order valence-corrected chi connectivity index (χ1v) is 15.5. The Labute approximate surface area is 240 Å². The first-order chi connectivity index (χ1) is 19.7. The summed E-state index contributed by atoms with van der Waals surface area (Å²) in [7, 11) is -4.06. The average Bonchev–Trinajstić information content (AvgIpc) is 3.57. The van der Waals surface area contributed by atoms with Crippen molar-refractivity contribution < 1.29 is 17.2 Å². The van der Waals surface area contributed by atoms with Gasteiger partial charge in [-0.05, 0) is 74.1 Å². The molecule has 0 radical (unpaired) electrons. The summed E-state index contributed by atoms with van der Waals surface area (Å²) >= 11 is 0. The number of nitrogens with zero attached hydrogens (tertiary/aromatic N) is 3. The third kappa shape index (κ3) is 5.26. The van der Waals surface area contributed by atoms with Crippen LogP contribution in [0, 0.1) is 24.5 Å². The van der Waals surface area contributed by atoms with Crippen LogP contribution in [-0.2, 0) is 22.9 Å². The lowest BCUT2D eigenvalue weighted by molar-refractivity contribution is 0.358. The molecule has 1 heterocycles. The minimum absolute atomic E-state index is 0.0295. The fraction of sp³-hybridized carbons (Fsp3) is 0.303. The smallest absolute Gasteiger partial charge is 0.237 e. The summed E-state index contributed by atoms with van der Waals surface area (Å²) in [6.07, 6.45) is 4.87. The Morgan fingerprint density at radius 3 is 2.46 bits per heavy atom. The van der Waals surface area contributed by atoms with Gasteiger partial charge in [0, 0.05) is 31.0 Å². The highest BCUT2D eigenvalue weighted by atomic mass is 32.2. The van der Waals surface area contributed by atoms with Crippen molar-refractivity contribution in [3.63, 3.8) is 0 Å². The summed E-state index contributed by atoms with van der Waals surface area (Å²) in [5, 5.41) is 4.64. The molecule has 4 aromatic rings. The Morgan fingerprint density at radius 1 is 1.00 bits per heavy atom. The van der Waals surface area contributed by atoms with E-state index in [0.29, 0.717) is 13.0 Å². The van der Waals surface area contributed by atoms with Crippen molar-refractivity contribution in [2.24, 2.45) is 5.92 Å². The van der Waals surface area contributed by atoms with Gasteiger partial charge in [-0.1, -0.05) is 60.0 Å². The lowest BCUT2D eigenvalue weighted by atomic mass is 9.80. The van der Waals surface area contributed by atoms with Crippen LogP contribution in [0.25, 0.3) is 5.69 Å². The van der Waals surface area contributed by atoms with E-state index >= 15 is 0 Å². The Morgan fingerprint density at radius 2 is 1.73 bits per heavy atom. The summed E-state index contributed by atoms with van der Waals surface area (Å²) in [5.41, 5.74) is 7.81. The molecule has 3 aromatic carbocycles. The zero-order chi connectivity index (χ0) is 28.7. The van der Waals surface area contributed by atoms with Crippen molar-refractivity contribution in [3.05, 3.63) is 124 Å². The number of fused-ring (bicyclic) bond motifs is 1. The van der Waals surface area contributed by atoms with Gasteiger partial charge in [0.15, 0.2) is 0 Å². The fourth-order valence-corrected chi connectivity index (χ4v) is 7.98. The van der Waals surface area contributed by atoms with Crippen LogP contribution >= 0.6 is 0 Å². The molecule has 0 saturated carbocycles. The topological polar surface area (TPSA) is 55.2 Å². The first kappa shape index (κ1) is 27.5. The molecular formula is C33H33F2N3O2S. The second-order valence-corrected chi connectivity index (χ2v) is 13.1.